The first-order chi connectivity index (χ1) is 23.1. The molecule has 4 aromatic carbocycles. The first-order valence-electron chi connectivity index (χ1n) is 15.8. The van der Waals surface area contributed by atoms with Crippen molar-refractivity contribution in [3.8, 4) is 0 Å². The molecule has 0 bridgehead atoms. The van der Waals surface area contributed by atoms with Crippen LogP contribution in [-0.4, -0.2) is 55.2 Å². The molecule has 5 aromatic rings. The molecule has 0 N–H and O–H groups in total. The first-order valence-corrected chi connectivity index (χ1v) is 16.7. The third-order valence-electron chi connectivity index (χ3n) is 8.71. The number of benzene rings is 4. The first kappa shape index (κ1) is 31.0. The van der Waals surface area contributed by atoms with E-state index in [0.29, 0.717) is 32.7 Å². The summed E-state index contributed by atoms with van der Waals surface area (Å²) in [7, 11) is 0. The van der Waals surface area contributed by atoms with E-state index in [0.717, 1.165) is 35.3 Å². The standard InChI is InChI=1S/C39H35NO6S/c41-36-19-20-37(42)46-39(45-36)35(28-40(39)23-10-24-43-25-21-29-17-18-34-30(27-29)22-26-47-34)44-38(31-11-4-1-5-12-31,32-13-6-2-7-14-32)33-15-8-3-9-16-33/h1-9,11-20,22,26-27,35H,10,21,23-25,28H2. The third-order valence-corrected chi connectivity index (χ3v) is 9.61. The van der Waals surface area contributed by atoms with E-state index in [1.807, 2.05) is 95.9 Å². The van der Waals surface area contributed by atoms with Gasteiger partial charge in [0.1, 0.15) is 5.60 Å². The summed E-state index contributed by atoms with van der Waals surface area (Å²) < 4.78 is 26.3. The van der Waals surface area contributed by atoms with Gasteiger partial charge < -0.3 is 18.9 Å². The van der Waals surface area contributed by atoms with Gasteiger partial charge in [-0.1, -0.05) is 103 Å². The van der Waals surface area contributed by atoms with Crippen LogP contribution in [0.3, 0.4) is 0 Å². The zero-order valence-electron chi connectivity index (χ0n) is 25.8. The molecule has 0 saturated carbocycles. The minimum Gasteiger partial charge on any atom is -0.403 e. The Morgan fingerprint density at radius 2 is 1.36 bits per heavy atom. The molecular weight excluding hydrogens is 610 g/mol. The third kappa shape index (κ3) is 6.25. The van der Waals surface area contributed by atoms with Crippen molar-refractivity contribution in [1.82, 2.24) is 4.90 Å². The van der Waals surface area contributed by atoms with Gasteiger partial charge in [-0.15, -0.1) is 11.3 Å². The average molecular weight is 646 g/mol. The SMILES string of the molecule is O=C1C=CC(=O)OC2(O1)C(OC(c1ccccc1)(c1ccccc1)c1ccccc1)CN2CCCOCCc1ccc2sccc2c1. The lowest BCUT2D eigenvalue weighted by Gasteiger charge is -2.56. The van der Waals surface area contributed by atoms with Gasteiger partial charge in [0.25, 0.3) is 0 Å². The molecule has 2 aliphatic rings. The molecule has 7 nitrogen and oxygen atoms in total. The summed E-state index contributed by atoms with van der Waals surface area (Å²) >= 11 is 1.74. The second-order valence-electron chi connectivity index (χ2n) is 11.6. The van der Waals surface area contributed by atoms with Crippen LogP contribution in [0.4, 0.5) is 0 Å². The molecular formula is C39H35NO6S. The fourth-order valence-corrected chi connectivity index (χ4v) is 7.19. The normalized spacial score (nSPS) is 17.7. The van der Waals surface area contributed by atoms with Gasteiger partial charge in [-0.05, 0) is 58.0 Å². The smallest absolute Gasteiger partial charge is 0.349 e. The van der Waals surface area contributed by atoms with E-state index >= 15 is 0 Å². The summed E-state index contributed by atoms with van der Waals surface area (Å²) in [5.41, 5.74) is 2.81. The van der Waals surface area contributed by atoms with Crippen molar-refractivity contribution >= 4 is 33.4 Å². The highest BCUT2D eigenvalue weighted by molar-refractivity contribution is 7.17. The van der Waals surface area contributed by atoms with Gasteiger partial charge >= 0.3 is 17.8 Å². The Hall–Kier alpha value is -4.60. The summed E-state index contributed by atoms with van der Waals surface area (Å²) in [6.07, 6.45) is 2.85. The Labute approximate surface area is 278 Å². The predicted molar refractivity (Wildman–Crippen MR) is 181 cm³/mol. The van der Waals surface area contributed by atoms with E-state index in [2.05, 4.69) is 29.6 Å². The van der Waals surface area contributed by atoms with Crippen molar-refractivity contribution in [1.29, 1.82) is 0 Å². The number of fused-ring (bicyclic) bond motifs is 1. The zero-order valence-corrected chi connectivity index (χ0v) is 26.6. The molecule has 1 saturated heterocycles. The molecule has 0 radical (unpaired) electrons. The molecule has 238 valence electrons. The van der Waals surface area contributed by atoms with Crippen molar-refractivity contribution in [2.45, 2.75) is 30.5 Å². The number of hydrogen-bond donors (Lipinski definition) is 0. The van der Waals surface area contributed by atoms with Gasteiger partial charge in [-0.25, -0.2) is 14.5 Å². The number of carbonyl (C=O) groups is 2. The van der Waals surface area contributed by atoms with Crippen LogP contribution >= 0.6 is 11.3 Å². The van der Waals surface area contributed by atoms with E-state index in [9.17, 15) is 9.59 Å². The van der Waals surface area contributed by atoms with Gasteiger partial charge in [-0.3, -0.25) is 0 Å². The average Bonchev–Trinajstić information content (AvgIpc) is 3.51. The van der Waals surface area contributed by atoms with Gasteiger partial charge in [0.05, 0.1) is 6.61 Å². The molecule has 7 rings (SSSR count). The fourth-order valence-electron chi connectivity index (χ4n) is 6.42. The predicted octanol–water partition coefficient (Wildman–Crippen LogP) is 6.85. The highest BCUT2D eigenvalue weighted by Gasteiger charge is 2.64. The van der Waals surface area contributed by atoms with Crippen molar-refractivity contribution in [3.63, 3.8) is 0 Å². The number of likely N-dealkylation sites (tertiary alicyclic amines) is 1. The Morgan fingerprint density at radius 3 is 1.96 bits per heavy atom. The number of thiophene rings is 1. The van der Waals surface area contributed by atoms with E-state index in [1.54, 1.807) is 11.3 Å². The number of rotatable bonds is 12. The van der Waals surface area contributed by atoms with Crippen LogP contribution in [0.25, 0.3) is 10.1 Å². The minimum atomic E-state index is -1.74. The molecule has 47 heavy (non-hydrogen) atoms. The van der Waals surface area contributed by atoms with E-state index in [-0.39, 0.29) is 0 Å². The molecule has 1 aromatic heterocycles. The van der Waals surface area contributed by atoms with Gasteiger partial charge in [-0.2, -0.15) is 0 Å². The van der Waals surface area contributed by atoms with Crippen LogP contribution in [0.1, 0.15) is 28.7 Å². The highest BCUT2D eigenvalue weighted by Crippen LogP contribution is 2.47. The molecule has 1 fully saturated rings. The van der Waals surface area contributed by atoms with E-state index in [1.165, 1.54) is 15.6 Å². The molecule has 1 unspecified atom stereocenters. The largest absolute Gasteiger partial charge is 0.403 e. The van der Waals surface area contributed by atoms with Crippen LogP contribution in [0, 0.1) is 0 Å². The lowest BCUT2D eigenvalue weighted by molar-refractivity contribution is -0.389. The number of nitrogens with zero attached hydrogens (tertiary/aromatic N) is 1. The zero-order chi connectivity index (χ0) is 32.1. The minimum absolute atomic E-state index is 0.371. The molecule has 8 heteroatoms. The van der Waals surface area contributed by atoms with Crippen molar-refractivity contribution in [3.05, 3.63) is 155 Å². The van der Waals surface area contributed by atoms with E-state index in [4.69, 9.17) is 18.9 Å². The maximum absolute atomic E-state index is 12.9. The van der Waals surface area contributed by atoms with Crippen LogP contribution in [-0.2, 0) is 40.6 Å². The van der Waals surface area contributed by atoms with Crippen LogP contribution in [0.15, 0.2) is 133 Å². The topological polar surface area (TPSA) is 74.3 Å². The number of ether oxygens (including phenoxy) is 4. The monoisotopic (exact) mass is 645 g/mol. The highest BCUT2D eigenvalue weighted by atomic mass is 32.1. The van der Waals surface area contributed by atoms with Gasteiger partial charge in [0, 0.05) is 36.5 Å². The number of carbonyl (C=O) groups excluding carboxylic acids is 2. The molecule has 1 atom stereocenters. The summed E-state index contributed by atoms with van der Waals surface area (Å²) in [4.78, 5) is 27.6. The second-order valence-corrected chi connectivity index (χ2v) is 12.6. The summed E-state index contributed by atoms with van der Waals surface area (Å²) in [5, 5.41) is 3.36. The molecule has 3 heterocycles. The molecule has 0 aliphatic carbocycles. The Bertz CT molecular complexity index is 1740. The van der Waals surface area contributed by atoms with Gasteiger partial charge in [0.15, 0.2) is 6.10 Å². The summed E-state index contributed by atoms with van der Waals surface area (Å²) in [6.45, 7) is 1.93. The molecule has 2 aliphatic heterocycles. The summed E-state index contributed by atoms with van der Waals surface area (Å²) in [6, 6.07) is 38.5. The lowest BCUT2D eigenvalue weighted by atomic mass is 9.79. The second kappa shape index (κ2) is 13.6. The fraction of sp³-hybridized carbons (Fsp3) is 0.231. The van der Waals surface area contributed by atoms with Crippen molar-refractivity contribution in [2.75, 3.05) is 26.3 Å². The van der Waals surface area contributed by atoms with E-state index < -0.39 is 29.6 Å². The Kier molecular flexibility index (Phi) is 9.00. The van der Waals surface area contributed by atoms with Gasteiger partial charge in [0.2, 0.25) is 0 Å². The molecule has 0 amide bonds. The number of esters is 2. The summed E-state index contributed by atoms with van der Waals surface area (Å²) in [5.74, 6) is -3.08. The van der Waals surface area contributed by atoms with Crippen molar-refractivity contribution in [2.24, 2.45) is 0 Å². The Morgan fingerprint density at radius 1 is 0.766 bits per heavy atom. The lowest BCUT2D eigenvalue weighted by Crippen LogP contribution is -2.75. The maximum atomic E-state index is 12.9. The quantitative estimate of drug-likeness (QED) is 0.0835. The van der Waals surface area contributed by atoms with Crippen LogP contribution in [0.5, 0.6) is 0 Å². The van der Waals surface area contributed by atoms with Crippen LogP contribution in [0.2, 0.25) is 0 Å². The molecule has 1 spiro atoms. The van der Waals surface area contributed by atoms with Crippen LogP contribution < -0.4 is 0 Å². The van der Waals surface area contributed by atoms with Crippen molar-refractivity contribution < 1.29 is 28.5 Å². The maximum Gasteiger partial charge on any atom is 0.349 e. The number of hydrogen-bond acceptors (Lipinski definition) is 8. The Balaban J connectivity index is 1.11.